The van der Waals surface area contributed by atoms with Gasteiger partial charge in [-0.1, -0.05) is 19.3 Å². The van der Waals surface area contributed by atoms with Crippen molar-refractivity contribution in [3.8, 4) is 6.07 Å². The van der Waals surface area contributed by atoms with Crippen LogP contribution in [0.4, 0.5) is 0 Å². The van der Waals surface area contributed by atoms with E-state index in [9.17, 15) is 4.79 Å². The highest BCUT2D eigenvalue weighted by atomic mass is 16.4. The molecule has 0 bridgehead atoms. The number of aliphatic carboxylic acids is 1. The van der Waals surface area contributed by atoms with Crippen molar-refractivity contribution in [1.82, 2.24) is 0 Å². The minimum absolute atomic E-state index is 0.0984. The quantitative estimate of drug-likeness (QED) is 0.682. The summed E-state index contributed by atoms with van der Waals surface area (Å²) in [6, 6.07) is 1.87. The Kier molecular flexibility index (Phi) is 3.09. The van der Waals surface area contributed by atoms with E-state index in [0.717, 1.165) is 25.7 Å². The lowest BCUT2D eigenvalue weighted by Gasteiger charge is -2.22. The molecule has 1 rings (SSSR count). The summed E-state index contributed by atoms with van der Waals surface area (Å²) in [4.78, 5) is 10.6. The van der Waals surface area contributed by atoms with E-state index in [1.165, 1.54) is 6.42 Å². The van der Waals surface area contributed by atoms with E-state index in [1.807, 2.05) is 6.07 Å². The Bertz CT molecular complexity index is 201. The van der Waals surface area contributed by atoms with E-state index in [0.29, 0.717) is 0 Å². The van der Waals surface area contributed by atoms with Gasteiger partial charge < -0.3 is 5.11 Å². The zero-order chi connectivity index (χ0) is 8.97. The number of rotatable bonds is 2. The second-order valence-corrected chi connectivity index (χ2v) is 3.34. The Hall–Kier alpha value is -1.04. The number of nitrogens with zero attached hydrogens (tertiary/aromatic N) is 1. The van der Waals surface area contributed by atoms with Crippen LogP contribution in [0.15, 0.2) is 0 Å². The van der Waals surface area contributed by atoms with E-state index >= 15 is 0 Å². The first-order chi connectivity index (χ1) is 5.75. The molecule has 0 saturated heterocycles. The molecular weight excluding hydrogens is 154 g/mol. The molecule has 3 heteroatoms. The summed E-state index contributed by atoms with van der Waals surface area (Å²) in [5.74, 6) is -1.63. The average molecular weight is 167 g/mol. The summed E-state index contributed by atoms with van der Waals surface area (Å²) in [6.07, 6.45) is 5.16. The Morgan fingerprint density at radius 1 is 1.42 bits per heavy atom. The topological polar surface area (TPSA) is 61.1 Å². The van der Waals surface area contributed by atoms with Crippen molar-refractivity contribution in [3.05, 3.63) is 0 Å². The molecule has 0 amide bonds. The maximum absolute atomic E-state index is 10.6. The summed E-state index contributed by atoms with van der Waals surface area (Å²) in [7, 11) is 0. The first kappa shape index (κ1) is 9.05. The van der Waals surface area contributed by atoms with Crippen LogP contribution < -0.4 is 0 Å². The second-order valence-electron chi connectivity index (χ2n) is 3.34. The fourth-order valence-corrected chi connectivity index (χ4v) is 1.83. The molecule has 1 fully saturated rings. The lowest BCUT2D eigenvalue weighted by atomic mass is 9.81. The van der Waals surface area contributed by atoms with Gasteiger partial charge in [0.2, 0.25) is 0 Å². The number of carboxylic acids is 1. The minimum Gasteiger partial charge on any atom is -0.480 e. The Labute approximate surface area is 72.0 Å². The Balaban J connectivity index is 2.53. The van der Waals surface area contributed by atoms with E-state index in [1.54, 1.807) is 0 Å². The third-order valence-electron chi connectivity index (χ3n) is 2.53. The van der Waals surface area contributed by atoms with Gasteiger partial charge >= 0.3 is 5.97 Å². The number of carbonyl (C=O) groups is 1. The second kappa shape index (κ2) is 4.10. The molecule has 0 aliphatic heterocycles. The van der Waals surface area contributed by atoms with Crippen LogP contribution in [0.2, 0.25) is 0 Å². The van der Waals surface area contributed by atoms with Crippen LogP contribution in [0.1, 0.15) is 32.1 Å². The predicted molar refractivity (Wildman–Crippen MR) is 43.3 cm³/mol. The molecule has 1 N–H and O–H groups in total. The smallest absolute Gasteiger partial charge is 0.321 e. The molecule has 0 aromatic rings. The summed E-state index contributed by atoms with van der Waals surface area (Å²) in [5, 5.41) is 17.3. The fraction of sp³-hybridized carbons (Fsp3) is 0.778. The highest BCUT2D eigenvalue weighted by Crippen LogP contribution is 2.29. The minimum atomic E-state index is -0.954. The van der Waals surface area contributed by atoms with Crippen LogP contribution in [0.5, 0.6) is 0 Å². The summed E-state index contributed by atoms with van der Waals surface area (Å²) in [6.45, 7) is 0. The van der Waals surface area contributed by atoms with Crippen molar-refractivity contribution in [3.63, 3.8) is 0 Å². The molecule has 0 aromatic heterocycles. The van der Waals surface area contributed by atoms with Crippen LogP contribution >= 0.6 is 0 Å². The SMILES string of the molecule is N#C[C@H](C(=O)O)C1CCCCC1. The van der Waals surface area contributed by atoms with Gasteiger partial charge in [-0.15, -0.1) is 0 Å². The highest BCUT2D eigenvalue weighted by molar-refractivity contribution is 5.73. The van der Waals surface area contributed by atoms with E-state index in [4.69, 9.17) is 10.4 Å². The molecule has 12 heavy (non-hydrogen) atoms. The van der Waals surface area contributed by atoms with Crippen molar-refractivity contribution < 1.29 is 9.90 Å². The molecule has 66 valence electrons. The van der Waals surface area contributed by atoms with Gasteiger partial charge in [0.1, 0.15) is 5.92 Å². The number of carboxylic acid groups (broad SMARTS) is 1. The van der Waals surface area contributed by atoms with Crippen LogP contribution in [-0.2, 0) is 4.79 Å². The van der Waals surface area contributed by atoms with Crippen LogP contribution in [0.3, 0.4) is 0 Å². The van der Waals surface area contributed by atoms with Gasteiger partial charge in [0, 0.05) is 0 Å². The molecule has 0 radical (unpaired) electrons. The third kappa shape index (κ3) is 1.97. The summed E-state index contributed by atoms with van der Waals surface area (Å²) in [5.41, 5.74) is 0. The van der Waals surface area contributed by atoms with Gasteiger partial charge in [-0.05, 0) is 18.8 Å². The zero-order valence-electron chi connectivity index (χ0n) is 6.99. The zero-order valence-corrected chi connectivity index (χ0v) is 6.99. The van der Waals surface area contributed by atoms with Crippen molar-refractivity contribution >= 4 is 5.97 Å². The van der Waals surface area contributed by atoms with Gasteiger partial charge in [0.05, 0.1) is 6.07 Å². The maximum Gasteiger partial charge on any atom is 0.321 e. The largest absolute Gasteiger partial charge is 0.480 e. The first-order valence-electron chi connectivity index (χ1n) is 4.38. The van der Waals surface area contributed by atoms with Crippen molar-refractivity contribution in [1.29, 1.82) is 5.26 Å². The van der Waals surface area contributed by atoms with Gasteiger partial charge in [-0.25, -0.2) is 0 Å². The van der Waals surface area contributed by atoms with Crippen molar-refractivity contribution in [2.45, 2.75) is 32.1 Å². The van der Waals surface area contributed by atoms with Crippen molar-refractivity contribution in [2.75, 3.05) is 0 Å². The van der Waals surface area contributed by atoms with Crippen molar-refractivity contribution in [2.24, 2.45) is 11.8 Å². The number of nitriles is 1. The maximum atomic E-state index is 10.6. The molecule has 0 spiro atoms. The van der Waals surface area contributed by atoms with Gasteiger partial charge in [-0.2, -0.15) is 5.26 Å². The van der Waals surface area contributed by atoms with Crippen LogP contribution in [-0.4, -0.2) is 11.1 Å². The lowest BCUT2D eigenvalue weighted by Crippen LogP contribution is -2.23. The molecule has 0 unspecified atom stereocenters. The molecule has 0 aromatic carbocycles. The molecule has 1 saturated carbocycles. The normalized spacial score (nSPS) is 21.2. The average Bonchev–Trinajstić information content (AvgIpc) is 2.07. The van der Waals surface area contributed by atoms with E-state index < -0.39 is 11.9 Å². The molecular formula is C9H13NO2. The summed E-state index contributed by atoms with van der Waals surface area (Å²) >= 11 is 0. The highest BCUT2D eigenvalue weighted by Gasteiger charge is 2.28. The monoisotopic (exact) mass is 167 g/mol. The van der Waals surface area contributed by atoms with Gasteiger partial charge in [0.15, 0.2) is 0 Å². The molecule has 1 aliphatic rings. The van der Waals surface area contributed by atoms with Gasteiger partial charge in [0.25, 0.3) is 0 Å². The molecule has 0 heterocycles. The fourth-order valence-electron chi connectivity index (χ4n) is 1.83. The van der Waals surface area contributed by atoms with Gasteiger partial charge in [-0.3, -0.25) is 4.79 Å². The number of hydrogen-bond donors (Lipinski definition) is 1. The molecule has 3 nitrogen and oxygen atoms in total. The Morgan fingerprint density at radius 2 is 2.00 bits per heavy atom. The molecule has 1 aliphatic carbocycles. The Morgan fingerprint density at radius 3 is 2.42 bits per heavy atom. The lowest BCUT2D eigenvalue weighted by molar-refractivity contribution is -0.141. The first-order valence-corrected chi connectivity index (χ1v) is 4.38. The predicted octanol–water partition coefficient (Wildman–Crippen LogP) is 1.79. The number of hydrogen-bond acceptors (Lipinski definition) is 2. The summed E-state index contributed by atoms with van der Waals surface area (Å²) < 4.78 is 0. The van der Waals surface area contributed by atoms with E-state index in [-0.39, 0.29) is 5.92 Å². The third-order valence-corrected chi connectivity index (χ3v) is 2.53. The standard InChI is InChI=1S/C9H13NO2/c10-6-8(9(11)12)7-4-2-1-3-5-7/h7-8H,1-5H2,(H,11,12)/t8-/m0/s1. The van der Waals surface area contributed by atoms with Crippen LogP contribution in [0, 0.1) is 23.2 Å². The molecule has 1 atom stereocenters. The van der Waals surface area contributed by atoms with E-state index in [2.05, 4.69) is 0 Å². The van der Waals surface area contributed by atoms with Crippen LogP contribution in [0.25, 0.3) is 0 Å².